The Labute approximate surface area is 133 Å². The van der Waals surface area contributed by atoms with Crippen LogP contribution in [0.15, 0.2) is 24.4 Å². The molecular formula is C17H29N3S. The Kier molecular flexibility index (Phi) is 6.84. The zero-order chi connectivity index (χ0) is 15.1. The average Bonchev–Trinajstić information content (AvgIpc) is 2.48. The molecule has 3 nitrogen and oxygen atoms in total. The summed E-state index contributed by atoms with van der Waals surface area (Å²) in [7, 11) is 0. The standard InChI is InChI=1S/C17H29N3S/c1-14(2)12-21-13-15(3)19-16-7-10-20(11-8-16)17-6-4-5-9-18-17/h4-6,9,14-16,19H,7-8,10-13H2,1-3H3/t15-/m1/s1. The van der Waals surface area contributed by atoms with E-state index in [4.69, 9.17) is 0 Å². The topological polar surface area (TPSA) is 28.2 Å². The molecular weight excluding hydrogens is 278 g/mol. The van der Waals surface area contributed by atoms with Crippen LogP contribution in [0.5, 0.6) is 0 Å². The normalized spacial score (nSPS) is 18.2. The molecule has 0 unspecified atom stereocenters. The zero-order valence-corrected chi connectivity index (χ0v) is 14.4. The number of anilines is 1. The second kappa shape index (κ2) is 8.64. The Balaban J connectivity index is 1.67. The predicted octanol–water partition coefficient (Wildman–Crippen LogP) is 3.42. The summed E-state index contributed by atoms with van der Waals surface area (Å²) in [4.78, 5) is 6.85. The molecule has 1 aromatic rings. The molecule has 0 spiro atoms. The molecule has 21 heavy (non-hydrogen) atoms. The number of aromatic nitrogens is 1. The second-order valence-electron chi connectivity index (χ2n) is 6.45. The van der Waals surface area contributed by atoms with E-state index >= 15 is 0 Å². The van der Waals surface area contributed by atoms with Gasteiger partial charge in [0.1, 0.15) is 5.82 Å². The first kappa shape index (κ1) is 16.6. The highest BCUT2D eigenvalue weighted by Gasteiger charge is 2.20. The number of piperidine rings is 1. The maximum Gasteiger partial charge on any atom is 0.128 e. The SMILES string of the molecule is CC(C)CSC[C@@H](C)NC1CCN(c2ccccn2)CC1. The summed E-state index contributed by atoms with van der Waals surface area (Å²) >= 11 is 2.07. The predicted molar refractivity (Wildman–Crippen MR) is 94.2 cm³/mol. The molecule has 4 heteroatoms. The van der Waals surface area contributed by atoms with Gasteiger partial charge < -0.3 is 10.2 Å². The molecule has 1 fully saturated rings. The summed E-state index contributed by atoms with van der Waals surface area (Å²) in [5.74, 6) is 4.41. The van der Waals surface area contributed by atoms with Crippen molar-refractivity contribution < 1.29 is 0 Å². The van der Waals surface area contributed by atoms with Gasteiger partial charge in [-0.3, -0.25) is 0 Å². The van der Waals surface area contributed by atoms with Gasteiger partial charge >= 0.3 is 0 Å². The highest BCUT2D eigenvalue weighted by molar-refractivity contribution is 7.99. The molecule has 0 aromatic carbocycles. The third kappa shape index (κ3) is 5.87. The van der Waals surface area contributed by atoms with E-state index < -0.39 is 0 Å². The van der Waals surface area contributed by atoms with Crippen LogP contribution in [0.4, 0.5) is 5.82 Å². The first-order chi connectivity index (χ1) is 10.1. The molecule has 1 N–H and O–H groups in total. The Morgan fingerprint density at radius 1 is 1.24 bits per heavy atom. The van der Waals surface area contributed by atoms with Gasteiger partial charge in [0.25, 0.3) is 0 Å². The van der Waals surface area contributed by atoms with Crippen molar-refractivity contribution in [2.24, 2.45) is 5.92 Å². The van der Waals surface area contributed by atoms with Gasteiger partial charge in [-0.05, 0) is 43.6 Å². The molecule has 1 aliphatic rings. The highest BCUT2D eigenvalue weighted by atomic mass is 32.2. The van der Waals surface area contributed by atoms with Gasteiger partial charge in [-0.15, -0.1) is 0 Å². The molecule has 2 rings (SSSR count). The molecule has 1 aliphatic heterocycles. The van der Waals surface area contributed by atoms with Crippen molar-refractivity contribution in [1.29, 1.82) is 0 Å². The lowest BCUT2D eigenvalue weighted by Crippen LogP contribution is -2.46. The van der Waals surface area contributed by atoms with Gasteiger partial charge in [-0.2, -0.15) is 11.8 Å². The minimum atomic E-state index is 0.611. The van der Waals surface area contributed by atoms with Crippen molar-refractivity contribution in [3.63, 3.8) is 0 Å². The van der Waals surface area contributed by atoms with Gasteiger partial charge in [-0.1, -0.05) is 19.9 Å². The fourth-order valence-electron chi connectivity index (χ4n) is 2.75. The molecule has 0 amide bonds. The van der Waals surface area contributed by atoms with Gasteiger partial charge in [-0.25, -0.2) is 4.98 Å². The first-order valence-electron chi connectivity index (χ1n) is 8.15. The highest BCUT2D eigenvalue weighted by Crippen LogP contribution is 2.18. The monoisotopic (exact) mass is 307 g/mol. The van der Waals surface area contributed by atoms with E-state index in [0.717, 1.165) is 24.8 Å². The van der Waals surface area contributed by atoms with Crippen LogP contribution in [-0.2, 0) is 0 Å². The number of hydrogen-bond acceptors (Lipinski definition) is 4. The van der Waals surface area contributed by atoms with Crippen LogP contribution in [0.1, 0.15) is 33.6 Å². The lowest BCUT2D eigenvalue weighted by Gasteiger charge is -2.34. The van der Waals surface area contributed by atoms with Crippen molar-refractivity contribution in [2.75, 3.05) is 29.5 Å². The number of thioether (sulfide) groups is 1. The Morgan fingerprint density at radius 2 is 2.00 bits per heavy atom. The molecule has 1 aromatic heterocycles. The number of hydrogen-bond donors (Lipinski definition) is 1. The van der Waals surface area contributed by atoms with Crippen LogP contribution in [0.2, 0.25) is 0 Å². The molecule has 2 heterocycles. The number of nitrogens with one attached hydrogen (secondary N) is 1. The Hall–Kier alpha value is -0.740. The first-order valence-corrected chi connectivity index (χ1v) is 9.30. The Bertz CT molecular complexity index is 388. The van der Waals surface area contributed by atoms with Crippen LogP contribution in [0.25, 0.3) is 0 Å². The van der Waals surface area contributed by atoms with Crippen LogP contribution in [0, 0.1) is 5.92 Å². The van der Waals surface area contributed by atoms with Gasteiger partial charge in [0, 0.05) is 37.1 Å². The summed E-state index contributed by atoms with van der Waals surface area (Å²) in [6.45, 7) is 9.12. The van der Waals surface area contributed by atoms with E-state index in [1.807, 2.05) is 12.3 Å². The van der Waals surface area contributed by atoms with Crippen LogP contribution in [0.3, 0.4) is 0 Å². The van der Waals surface area contributed by atoms with Gasteiger partial charge in [0.15, 0.2) is 0 Å². The number of pyridine rings is 1. The van der Waals surface area contributed by atoms with Crippen molar-refractivity contribution in [3.05, 3.63) is 24.4 Å². The maximum absolute atomic E-state index is 4.45. The fraction of sp³-hybridized carbons (Fsp3) is 0.706. The number of nitrogens with zero attached hydrogens (tertiary/aromatic N) is 2. The molecule has 0 saturated carbocycles. The van der Waals surface area contributed by atoms with E-state index in [-0.39, 0.29) is 0 Å². The van der Waals surface area contributed by atoms with Gasteiger partial charge in [0.05, 0.1) is 0 Å². The summed E-state index contributed by atoms with van der Waals surface area (Å²) in [6, 6.07) is 7.44. The second-order valence-corrected chi connectivity index (χ2v) is 7.52. The summed E-state index contributed by atoms with van der Waals surface area (Å²) in [5, 5.41) is 3.80. The fourth-order valence-corrected chi connectivity index (χ4v) is 3.80. The molecule has 0 radical (unpaired) electrons. The van der Waals surface area contributed by atoms with E-state index in [1.165, 1.54) is 24.3 Å². The third-order valence-electron chi connectivity index (χ3n) is 3.81. The van der Waals surface area contributed by atoms with E-state index in [1.54, 1.807) is 0 Å². The minimum Gasteiger partial charge on any atom is -0.357 e. The van der Waals surface area contributed by atoms with Crippen molar-refractivity contribution in [1.82, 2.24) is 10.3 Å². The summed E-state index contributed by atoms with van der Waals surface area (Å²) in [5.41, 5.74) is 0. The Morgan fingerprint density at radius 3 is 2.62 bits per heavy atom. The smallest absolute Gasteiger partial charge is 0.128 e. The minimum absolute atomic E-state index is 0.611. The van der Waals surface area contributed by atoms with Crippen LogP contribution in [-0.4, -0.2) is 41.7 Å². The number of rotatable bonds is 7. The zero-order valence-electron chi connectivity index (χ0n) is 13.6. The largest absolute Gasteiger partial charge is 0.357 e. The molecule has 0 bridgehead atoms. The maximum atomic E-state index is 4.45. The molecule has 1 saturated heterocycles. The summed E-state index contributed by atoms with van der Waals surface area (Å²) < 4.78 is 0. The molecule has 1 atom stereocenters. The molecule has 0 aliphatic carbocycles. The quantitative estimate of drug-likeness (QED) is 0.835. The van der Waals surface area contributed by atoms with Crippen molar-refractivity contribution in [3.8, 4) is 0 Å². The van der Waals surface area contributed by atoms with E-state index in [0.29, 0.717) is 12.1 Å². The van der Waals surface area contributed by atoms with E-state index in [2.05, 4.69) is 59.9 Å². The third-order valence-corrected chi connectivity index (χ3v) is 5.45. The van der Waals surface area contributed by atoms with Gasteiger partial charge in [0.2, 0.25) is 0 Å². The van der Waals surface area contributed by atoms with Crippen LogP contribution >= 0.6 is 11.8 Å². The van der Waals surface area contributed by atoms with E-state index in [9.17, 15) is 0 Å². The lowest BCUT2D eigenvalue weighted by molar-refractivity contribution is 0.388. The lowest BCUT2D eigenvalue weighted by atomic mass is 10.0. The van der Waals surface area contributed by atoms with Crippen molar-refractivity contribution >= 4 is 17.6 Å². The summed E-state index contributed by atoms with van der Waals surface area (Å²) in [6.07, 6.45) is 4.32. The molecule has 118 valence electrons. The van der Waals surface area contributed by atoms with Crippen LogP contribution < -0.4 is 10.2 Å². The average molecular weight is 308 g/mol. The van der Waals surface area contributed by atoms with Crippen molar-refractivity contribution in [2.45, 2.75) is 45.7 Å².